The van der Waals surface area contributed by atoms with Crippen molar-refractivity contribution in [1.82, 2.24) is 14.9 Å². The van der Waals surface area contributed by atoms with E-state index in [0.29, 0.717) is 35.4 Å². The highest BCUT2D eigenvalue weighted by Crippen LogP contribution is 2.20. The van der Waals surface area contributed by atoms with Crippen molar-refractivity contribution in [2.75, 3.05) is 6.54 Å². The van der Waals surface area contributed by atoms with Gasteiger partial charge >= 0.3 is 5.63 Å². The van der Waals surface area contributed by atoms with Crippen LogP contribution < -0.4 is 11.2 Å². The van der Waals surface area contributed by atoms with Crippen molar-refractivity contribution in [2.45, 2.75) is 26.9 Å². The molecule has 28 heavy (non-hydrogen) atoms. The Kier molecular flexibility index (Phi) is 4.79. The summed E-state index contributed by atoms with van der Waals surface area (Å²) < 4.78 is 5.35. The van der Waals surface area contributed by atoms with E-state index in [1.807, 2.05) is 50.2 Å². The van der Waals surface area contributed by atoms with Crippen molar-refractivity contribution < 1.29 is 4.42 Å². The van der Waals surface area contributed by atoms with Crippen molar-refractivity contribution in [3.63, 3.8) is 0 Å². The fraction of sp³-hybridized carbons (Fsp3) is 0.227. The van der Waals surface area contributed by atoms with Gasteiger partial charge in [-0.05, 0) is 42.8 Å². The van der Waals surface area contributed by atoms with Crippen LogP contribution in [0.1, 0.15) is 23.9 Å². The highest BCUT2D eigenvalue weighted by molar-refractivity contribution is 5.80. The molecule has 0 aliphatic rings. The van der Waals surface area contributed by atoms with Crippen LogP contribution in [0.5, 0.6) is 0 Å². The van der Waals surface area contributed by atoms with Crippen molar-refractivity contribution >= 4 is 21.9 Å². The lowest BCUT2D eigenvalue weighted by atomic mass is 10.1. The summed E-state index contributed by atoms with van der Waals surface area (Å²) in [5, 5.41) is 1.50. The number of nitrogens with zero attached hydrogens (tertiary/aromatic N) is 2. The lowest BCUT2D eigenvalue weighted by Gasteiger charge is -2.20. The molecule has 6 nitrogen and oxygen atoms in total. The summed E-state index contributed by atoms with van der Waals surface area (Å²) in [7, 11) is 0. The molecule has 2 aromatic heterocycles. The maximum atomic E-state index is 12.3. The van der Waals surface area contributed by atoms with Crippen molar-refractivity contribution in [2.24, 2.45) is 0 Å². The van der Waals surface area contributed by atoms with Crippen molar-refractivity contribution in [1.29, 1.82) is 0 Å². The number of benzene rings is 2. The van der Waals surface area contributed by atoms with E-state index in [1.54, 1.807) is 6.07 Å². The molecule has 0 amide bonds. The number of rotatable bonds is 5. The lowest BCUT2D eigenvalue weighted by molar-refractivity contribution is 0.265. The minimum atomic E-state index is -0.360. The normalized spacial score (nSPS) is 11.5. The van der Waals surface area contributed by atoms with E-state index >= 15 is 0 Å². The van der Waals surface area contributed by atoms with E-state index in [2.05, 4.69) is 14.9 Å². The largest absolute Gasteiger partial charge is 0.423 e. The standard InChI is InChI=1S/C22H21N3O3/c1-3-25(13-20-23-18-7-5-4-6-17(18)22(27)24-20)12-15-11-21(26)28-19-10-14(2)8-9-16(15)19/h4-11H,3,12-13H2,1-2H3,(H,23,24,27). The summed E-state index contributed by atoms with van der Waals surface area (Å²) in [6, 6.07) is 14.7. The van der Waals surface area contributed by atoms with Crippen molar-refractivity contribution in [3.05, 3.63) is 86.3 Å². The molecule has 0 radical (unpaired) electrons. The van der Waals surface area contributed by atoms with Crippen LogP contribution in [0, 0.1) is 6.92 Å². The van der Waals surface area contributed by atoms with Crippen LogP contribution in [-0.4, -0.2) is 21.4 Å². The third kappa shape index (κ3) is 3.59. The third-order valence-corrected chi connectivity index (χ3v) is 4.86. The van der Waals surface area contributed by atoms with Gasteiger partial charge in [-0.2, -0.15) is 0 Å². The van der Waals surface area contributed by atoms with Gasteiger partial charge in [0, 0.05) is 18.0 Å². The molecule has 0 aliphatic heterocycles. The fourth-order valence-corrected chi connectivity index (χ4v) is 3.41. The second-order valence-electron chi connectivity index (χ2n) is 6.92. The molecule has 0 bridgehead atoms. The molecule has 0 spiro atoms. The molecule has 6 heteroatoms. The first-order valence-electron chi connectivity index (χ1n) is 9.27. The van der Waals surface area contributed by atoms with Crippen molar-refractivity contribution in [3.8, 4) is 0 Å². The van der Waals surface area contributed by atoms with Gasteiger partial charge in [-0.25, -0.2) is 9.78 Å². The number of para-hydroxylation sites is 1. The number of aromatic amines is 1. The summed E-state index contributed by atoms with van der Waals surface area (Å²) in [5.41, 5.74) is 2.71. The molecule has 4 aromatic rings. The van der Waals surface area contributed by atoms with Gasteiger partial charge in [-0.15, -0.1) is 0 Å². The Bertz CT molecular complexity index is 1270. The molecule has 0 aliphatic carbocycles. The molecule has 0 saturated carbocycles. The highest BCUT2D eigenvalue weighted by Gasteiger charge is 2.12. The predicted molar refractivity (Wildman–Crippen MR) is 109 cm³/mol. The number of hydrogen-bond acceptors (Lipinski definition) is 5. The summed E-state index contributed by atoms with van der Waals surface area (Å²) in [6.07, 6.45) is 0. The SMILES string of the molecule is CCN(Cc1nc2ccccc2c(=O)[nH]1)Cc1cc(=O)oc2cc(C)ccc12. The van der Waals surface area contributed by atoms with Crippen LogP contribution in [0.2, 0.25) is 0 Å². The molecule has 1 N–H and O–H groups in total. The van der Waals surface area contributed by atoms with Gasteiger partial charge in [0.15, 0.2) is 0 Å². The fourth-order valence-electron chi connectivity index (χ4n) is 3.41. The average molecular weight is 375 g/mol. The molecule has 142 valence electrons. The molecule has 2 aromatic carbocycles. The molecule has 4 rings (SSSR count). The summed E-state index contributed by atoms with van der Waals surface area (Å²) in [4.78, 5) is 33.9. The molecular formula is C22H21N3O3. The first-order chi connectivity index (χ1) is 13.5. The van der Waals surface area contributed by atoms with Gasteiger partial charge in [0.25, 0.3) is 5.56 Å². The van der Waals surface area contributed by atoms with E-state index in [9.17, 15) is 9.59 Å². The minimum absolute atomic E-state index is 0.141. The third-order valence-electron chi connectivity index (χ3n) is 4.86. The Balaban J connectivity index is 1.67. The van der Waals surface area contributed by atoms with E-state index in [1.165, 1.54) is 6.07 Å². The second kappa shape index (κ2) is 7.40. The summed E-state index contributed by atoms with van der Waals surface area (Å²) >= 11 is 0. The minimum Gasteiger partial charge on any atom is -0.423 e. The van der Waals surface area contributed by atoms with E-state index in [-0.39, 0.29) is 11.2 Å². The predicted octanol–water partition coefficient (Wildman–Crippen LogP) is 3.36. The van der Waals surface area contributed by atoms with E-state index in [4.69, 9.17) is 4.42 Å². The zero-order valence-corrected chi connectivity index (χ0v) is 15.9. The van der Waals surface area contributed by atoms with E-state index in [0.717, 1.165) is 23.1 Å². The Morgan fingerprint density at radius 2 is 1.86 bits per heavy atom. The summed E-state index contributed by atoms with van der Waals surface area (Å²) in [6.45, 7) is 5.77. The smallest absolute Gasteiger partial charge is 0.336 e. The highest BCUT2D eigenvalue weighted by atomic mass is 16.4. The number of nitrogens with one attached hydrogen (secondary N) is 1. The van der Waals surface area contributed by atoms with Crippen LogP contribution in [0.3, 0.4) is 0 Å². The van der Waals surface area contributed by atoms with Gasteiger partial charge < -0.3 is 9.40 Å². The molecule has 0 atom stereocenters. The number of aromatic nitrogens is 2. The topological polar surface area (TPSA) is 79.2 Å². The molecule has 0 fully saturated rings. The lowest BCUT2D eigenvalue weighted by Crippen LogP contribution is -2.26. The quantitative estimate of drug-likeness (QED) is 0.541. The van der Waals surface area contributed by atoms with Crippen LogP contribution in [0.15, 0.2) is 62.5 Å². The average Bonchev–Trinajstić information content (AvgIpc) is 2.67. The molecule has 0 unspecified atom stereocenters. The molecule has 2 heterocycles. The van der Waals surface area contributed by atoms with Gasteiger partial charge in [-0.3, -0.25) is 9.69 Å². The van der Waals surface area contributed by atoms with Crippen LogP contribution >= 0.6 is 0 Å². The number of hydrogen-bond donors (Lipinski definition) is 1. The first kappa shape index (κ1) is 18.1. The van der Waals surface area contributed by atoms with Crippen LogP contribution in [0.4, 0.5) is 0 Å². The Hall–Kier alpha value is -3.25. The summed E-state index contributed by atoms with van der Waals surface area (Å²) in [5.74, 6) is 0.605. The van der Waals surface area contributed by atoms with Crippen LogP contribution in [-0.2, 0) is 13.1 Å². The van der Waals surface area contributed by atoms with E-state index < -0.39 is 0 Å². The Morgan fingerprint density at radius 1 is 1.04 bits per heavy atom. The van der Waals surface area contributed by atoms with Gasteiger partial charge in [0.1, 0.15) is 11.4 Å². The van der Waals surface area contributed by atoms with Gasteiger partial charge in [0.05, 0.1) is 17.4 Å². The Morgan fingerprint density at radius 3 is 2.68 bits per heavy atom. The molecular weight excluding hydrogens is 354 g/mol. The maximum Gasteiger partial charge on any atom is 0.336 e. The number of aryl methyl sites for hydroxylation is 1. The Labute approximate surface area is 161 Å². The second-order valence-corrected chi connectivity index (χ2v) is 6.92. The zero-order chi connectivity index (χ0) is 19.7. The van der Waals surface area contributed by atoms with Crippen LogP contribution in [0.25, 0.3) is 21.9 Å². The van der Waals surface area contributed by atoms with Gasteiger partial charge in [0.2, 0.25) is 0 Å². The first-order valence-corrected chi connectivity index (χ1v) is 9.27. The number of H-pyrrole nitrogens is 1. The zero-order valence-electron chi connectivity index (χ0n) is 15.9. The van der Waals surface area contributed by atoms with Gasteiger partial charge in [-0.1, -0.05) is 31.2 Å². The monoisotopic (exact) mass is 375 g/mol. The maximum absolute atomic E-state index is 12.3. The number of fused-ring (bicyclic) bond motifs is 2. The molecule has 0 saturated heterocycles.